The van der Waals surface area contributed by atoms with Gasteiger partial charge in [0.25, 0.3) is 0 Å². The zero-order valence-corrected chi connectivity index (χ0v) is 12.2. The minimum Gasteiger partial charge on any atom is -0.305 e. The predicted octanol–water partition coefficient (Wildman–Crippen LogP) is 1.89. The third kappa shape index (κ3) is 1.79. The summed E-state index contributed by atoms with van der Waals surface area (Å²) in [5.74, 6) is -0.313. The first kappa shape index (κ1) is 13.3. The van der Waals surface area contributed by atoms with Gasteiger partial charge in [0.2, 0.25) is 11.8 Å². The van der Waals surface area contributed by atoms with Crippen LogP contribution in [0.3, 0.4) is 0 Å². The van der Waals surface area contributed by atoms with Crippen LogP contribution < -0.4 is 10.6 Å². The number of hydrogen-bond donors (Lipinski definition) is 2. The molecule has 2 N–H and O–H groups in total. The molecule has 0 bridgehead atoms. The molecule has 1 saturated heterocycles. The third-order valence-electron chi connectivity index (χ3n) is 4.86. The minimum atomic E-state index is -0.558. The van der Waals surface area contributed by atoms with Crippen LogP contribution in [-0.4, -0.2) is 11.8 Å². The number of rotatable bonds is 1. The van der Waals surface area contributed by atoms with E-state index in [2.05, 4.69) is 36.6 Å². The zero-order valence-electron chi connectivity index (χ0n) is 12.2. The summed E-state index contributed by atoms with van der Waals surface area (Å²) in [6.07, 6.45) is 1.02. The van der Waals surface area contributed by atoms with Gasteiger partial charge in [0, 0.05) is 19.0 Å². The van der Waals surface area contributed by atoms with Gasteiger partial charge in [-0.05, 0) is 49.4 Å². The van der Waals surface area contributed by atoms with E-state index in [1.807, 2.05) is 6.92 Å². The fourth-order valence-electron chi connectivity index (χ4n) is 3.47. The van der Waals surface area contributed by atoms with Crippen LogP contribution in [0.2, 0.25) is 0 Å². The molecule has 2 unspecified atom stereocenters. The Kier molecular flexibility index (Phi) is 2.94. The van der Waals surface area contributed by atoms with Gasteiger partial charge in [-0.1, -0.05) is 12.1 Å². The molecule has 0 aromatic heterocycles. The van der Waals surface area contributed by atoms with Gasteiger partial charge >= 0.3 is 0 Å². The van der Waals surface area contributed by atoms with Crippen molar-refractivity contribution in [1.29, 1.82) is 0 Å². The first-order valence-corrected chi connectivity index (χ1v) is 7.10. The molecule has 106 valence electrons. The first-order chi connectivity index (χ1) is 9.43. The van der Waals surface area contributed by atoms with Crippen molar-refractivity contribution in [1.82, 2.24) is 10.6 Å². The molecule has 4 heteroatoms. The molecule has 0 aliphatic carbocycles. The molecule has 3 rings (SSSR count). The Balaban J connectivity index is 2.05. The molecule has 2 heterocycles. The largest absolute Gasteiger partial charge is 0.305 e. The number of benzene rings is 1. The number of imide groups is 1. The van der Waals surface area contributed by atoms with Crippen molar-refractivity contribution < 1.29 is 9.59 Å². The Bertz CT molecular complexity index is 609. The van der Waals surface area contributed by atoms with Crippen LogP contribution >= 0.6 is 0 Å². The number of carbonyl (C=O) groups is 2. The summed E-state index contributed by atoms with van der Waals surface area (Å²) in [4.78, 5) is 23.7. The van der Waals surface area contributed by atoms with E-state index in [0.717, 1.165) is 6.54 Å². The zero-order chi connectivity index (χ0) is 14.5. The average Bonchev–Trinajstić information content (AvgIpc) is 2.85. The van der Waals surface area contributed by atoms with E-state index < -0.39 is 5.41 Å². The van der Waals surface area contributed by atoms with Crippen LogP contribution in [0, 0.1) is 19.3 Å². The second-order valence-electron chi connectivity index (χ2n) is 6.20. The molecule has 0 saturated carbocycles. The molecule has 2 atom stereocenters. The SMILES string of the molecule is Cc1ccc(C)c2c1CNC2C1(C)CCC(=O)NC1=O. The molecule has 1 fully saturated rings. The number of nitrogens with one attached hydrogen (secondary N) is 2. The van der Waals surface area contributed by atoms with Crippen LogP contribution in [0.1, 0.15) is 48.1 Å². The maximum Gasteiger partial charge on any atom is 0.234 e. The Morgan fingerprint density at radius 1 is 1.20 bits per heavy atom. The van der Waals surface area contributed by atoms with Crippen molar-refractivity contribution in [3.8, 4) is 0 Å². The molecule has 1 aromatic rings. The van der Waals surface area contributed by atoms with Crippen LogP contribution in [0.15, 0.2) is 12.1 Å². The molecular formula is C16H20N2O2. The van der Waals surface area contributed by atoms with E-state index in [-0.39, 0.29) is 17.9 Å². The summed E-state index contributed by atoms with van der Waals surface area (Å²) >= 11 is 0. The molecule has 20 heavy (non-hydrogen) atoms. The Hall–Kier alpha value is -1.68. The Morgan fingerprint density at radius 3 is 2.60 bits per heavy atom. The highest BCUT2D eigenvalue weighted by molar-refractivity contribution is 6.01. The van der Waals surface area contributed by atoms with E-state index in [1.165, 1.54) is 22.3 Å². The fraction of sp³-hybridized carbons (Fsp3) is 0.500. The van der Waals surface area contributed by atoms with Crippen LogP contribution in [0.25, 0.3) is 0 Å². The van der Waals surface area contributed by atoms with Gasteiger partial charge < -0.3 is 5.32 Å². The summed E-state index contributed by atoms with van der Waals surface area (Å²) in [7, 11) is 0. The molecule has 0 radical (unpaired) electrons. The Morgan fingerprint density at radius 2 is 1.90 bits per heavy atom. The molecular weight excluding hydrogens is 252 g/mol. The van der Waals surface area contributed by atoms with E-state index in [1.54, 1.807) is 0 Å². The normalized spacial score (nSPS) is 29.2. The van der Waals surface area contributed by atoms with Crippen molar-refractivity contribution in [3.05, 3.63) is 34.4 Å². The molecule has 2 aliphatic rings. The Labute approximate surface area is 118 Å². The predicted molar refractivity (Wildman–Crippen MR) is 76.0 cm³/mol. The van der Waals surface area contributed by atoms with Crippen molar-refractivity contribution in [2.45, 2.75) is 46.2 Å². The number of amides is 2. The lowest BCUT2D eigenvalue weighted by Crippen LogP contribution is -2.52. The van der Waals surface area contributed by atoms with Crippen molar-refractivity contribution in [2.24, 2.45) is 5.41 Å². The highest BCUT2D eigenvalue weighted by Crippen LogP contribution is 2.45. The van der Waals surface area contributed by atoms with Gasteiger partial charge in [-0.2, -0.15) is 0 Å². The summed E-state index contributed by atoms with van der Waals surface area (Å²) in [5.41, 5.74) is 4.47. The highest BCUT2D eigenvalue weighted by atomic mass is 16.2. The summed E-state index contributed by atoms with van der Waals surface area (Å²) in [5, 5.41) is 5.98. The second kappa shape index (κ2) is 4.42. The van der Waals surface area contributed by atoms with Gasteiger partial charge in [-0.3, -0.25) is 14.9 Å². The molecule has 0 spiro atoms. The highest BCUT2D eigenvalue weighted by Gasteiger charge is 2.48. The van der Waals surface area contributed by atoms with E-state index in [9.17, 15) is 9.59 Å². The number of aryl methyl sites for hydroxylation is 2. The van der Waals surface area contributed by atoms with Gasteiger partial charge in [0.1, 0.15) is 0 Å². The number of hydrogen-bond acceptors (Lipinski definition) is 3. The molecule has 2 amide bonds. The fourth-order valence-corrected chi connectivity index (χ4v) is 3.47. The summed E-state index contributed by atoms with van der Waals surface area (Å²) < 4.78 is 0. The van der Waals surface area contributed by atoms with Gasteiger partial charge in [0.15, 0.2) is 0 Å². The molecule has 1 aromatic carbocycles. The lowest BCUT2D eigenvalue weighted by molar-refractivity contribution is -0.142. The van der Waals surface area contributed by atoms with E-state index in [0.29, 0.717) is 12.8 Å². The van der Waals surface area contributed by atoms with Crippen molar-refractivity contribution in [2.75, 3.05) is 0 Å². The molecule has 4 nitrogen and oxygen atoms in total. The first-order valence-electron chi connectivity index (χ1n) is 7.10. The maximum absolute atomic E-state index is 12.3. The minimum absolute atomic E-state index is 0.00880. The van der Waals surface area contributed by atoms with Gasteiger partial charge in [-0.15, -0.1) is 0 Å². The van der Waals surface area contributed by atoms with Crippen LogP contribution in [-0.2, 0) is 16.1 Å². The number of piperidine rings is 1. The second-order valence-corrected chi connectivity index (χ2v) is 6.20. The van der Waals surface area contributed by atoms with Crippen molar-refractivity contribution in [3.63, 3.8) is 0 Å². The summed E-state index contributed by atoms with van der Waals surface area (Å²) in [6.45, 7) is 6.95. The van der Waals surface area contributed by atoms with Crippen LogP contribution in [0.5, 0.6) is 0 Å². The van der Waals surface area contributed by atoms with Crippen LogP contribution in [0.4, 0.5) is 0 Å². The maximum atomic E-state index is 12.3. The number of carbonyl (C=O) groups excluding carboxylic acids is 2. The monoisotopic (exact) mass is 272 g/mol. The lowest BCUT2D eigenvalue weighted by atomic mass is 9.72. The summed E-state index contributed by atoms with van der Waals surface area (Å²) in [6, 6.07) is 4.24. The quantitative estimate of drug-likeness (QED) is 0.768. The average molecular weight is 272 g/mol. The van der Waals surface area contributed by atoms with Gasteiger partial charge in [0.05, 0.1) is 5.41 Å². The van der Waals surface area contributed by atoms with Gasteiger partial charge in [-0.25, -0.2) is 0 Å². The third-order valence-corrected chi connectivity index (χ3v) is 4.86. The lowest BCUT2D eigenvalue weighted by Gasteiger charge is -2.37. The number of fused-ring (bicyclic) bond motifs is 1. The standard InChI is InChI=1S/C16H20N2O2/c1-9-4-5-10(2)13-11(9)8-17-14(13)16(3)7-6-12(19)18-15(16)20/h4-5,14,17H,6-8H2,1-3H3,(H,18,19,20). The topological polar surface area (TPSA) is 58.2 Å². The van der Waals surface area contributed by atoms with Crippen molar-refractivity contribution >= 4 is 11.8 Å². The van der Waals surface area contributed by atoms with E-state index >= 15 is 0 Å². The smallest absolute Gasteiger partial charge is 0.234 e. The van der Waals surface area contributed by atoms with E-state index in [4.69, 9.17) is 0 Å². The molecule has 2 aliphatic heterocycles.